The SMILES string of the molecule is Cc1nc(C(F)F)c(-c2ccc(OCCc3ccc(F)cc3)cc2)c(N2CCC(C)(C)CC2)c1C(OC(C)(C)C)C(=O)O. The third-order valence-corrected chi connectivity index (χ3v) is 7.74. The zero-order chi connectivity index (χ0) is 31.5. The highest BCUT2D eigenvalue weighted by molar-refractivity contribution is 5.88. The first-order valence-electron chi connectivity index (χ1n) is 14.6. The molecule has 0 saturated carbocycles. The molecule has 2 aromatic carbocycles. The standard InChI is InChI=1S/C34H41F3N2O4/c1-21-26(30(32(40)41)43-33(2,3)4)29(39-18-16-34(5,6)17-19-39)27(28(38-21)31(36)37)23-9-13-25(14-10-23)42-20-15-22-7-11-24(35)12-8-22/h7-14,30-31H,15-20H2,1-6H3,(H,40,41). The molecule has 1 aliphatic rings. The van der Waals surface area contributed by atoms with Crippen LogP contribution in [0.1, 0.15) is 82.5 Å². The van der Waals surface area contributed by atoms with Crippen LogP contribution in [0.4, 0.5) is 18.9 Å². The molecule has 2 heterocycles. The summed E-state index contributed by atoms with van der Waals surface area (Å²) < 4.78 is 54.5. The van der Waals surface area contributed by atoms with Gasteiger partial charge in [0.25, 0.3) is 6.43 Å². The van der Waals surface area contributed by atoms with Gasteiger partial charge in [-0.3, -0.25) is 4.98 Å². The largest absolute Gasteiger partial charge is 0.493 e. The molecule has 0 aliphatic carbocycles. The summed E-state index contributed by atoms with van der Waals surface area (Å²) in [5.74, 6) is -0.964. The predicted octanol–water partition coefficient (Wildman–Crippen LogP) is 8.32. The average Bonchev–Trinajstić information content (AvgIpc) is 2.92. The van der Waals surface area contributed by atoms with E-state index in [0.29, 0.717) is 48.7 Å². The van der Waals surface area contributed by atoms with Gasteiger partial charge >= 0.3 is 5.97 Å². The molecule has 1 saturated heterocycles. The van der Waals surface area contributed by atoms with E-state index in [0.717, 1.165) is 18.4 Å². The van der Waals surface area contributed by atoms with Crippen LogP contribution in [0.15, 0.2) is 48.5 Å². The number of benzene rings is 2. The van der Waals surface area contributed by atoms with Gasteiger partial charge in [-0.05, 0) is 81.3 Å². The fourth-order valence-electron chi connectivity index (χ4n) is 5.39. The fraction of sp³-hybridized carbons (Fsp3) is 0.471. The molecule has 43 heavy (non-hydrogen) atoms. The van der Waals surface area contributed by atoms with Gasteiger partial charge in [-0.2, -0.15) is 0 Å². The van der Waals surface area contributed by atoms with Crippen LogP contribution in [0.5, 0.6) is 5.75 Å². The van der Waals surface area contributed by atoms with Gasteiger partial charge in [0.05, 0.1) is 17.9 Å². The first-order valence-corrected chi connectivity index (χ1v) is 14.6. The fourth-order valence-corrected chi connectivity index (χ4v) is 5.39. The second-order valence-corrected chi connectivity index (χ2v) is 12.9. The Morgan fingerprint density at radius 3 is 2.19 bits per heavy atom. The molecule has 0 amide bonds. The van der Waals surface area contributed by atoms with Crippen LogP contribution in [0.2, 0.25) is 0 Å². The molecule has 6 nitrogen and oxygen atoms in total. The van der Waals surface area contributed by atoms with Crippen molar-refractivity contribution in [1.82, 2.24) is 4.98 Å². The number of hydrogen-bond acceptors (Lipinski definition) is 5. The lowest BCUT2D eigenvalue weighted by Crippen LogP contribution is -2.39. The minimum atomic E-state index is -2.89. The summed E-state index contributed by atoms with van der Waals surface area (Å²) in [5.41, 5.74) is 1.41. The van der Waals surface area contributed by atoms with Crippen LogP contribution in [0.25, 0.3) is 11.1 Å². The van der Waals surface area contributed by atoms with E-state index >= 15 is 0 Å². The van der Waals surface area contributed by atoms with Crippen LogP contribution >= 0.6 is 0 Å². The number of aryl methyl sites for hydroxylation is 1. The third kappa shape index (κ3) is 8.07. The van der Waals surface area contributed by atoms with Crippen LogP contribution in [-0.2, 0) is 16.0 Å². The number of piperidine rings is 1. The van der Waals surface area contributed by atoms with Crippen LogP contribution < -0.4 is 9.64 Å². The van der Waals surface area contributed by atoms with Crippen molar-refractivity contribution < 1.29 is 32.5 Å². The predicted molar refractivity (Wildman–Crippen MR) is 161 cm³/mol. The molecule has 0 spiro atoms. The third-order valence-electron chi connectivity index (χ3n) is 7.74. The second kappa shape index (κ2) is 13.0. The molecular formula is C34H41F3N2O4. The Kier molecular flexibility index (Phi) is 9.74. The van der Waals surface area contributed by atoms with Crippen molar-refractivity contribution in [2.45, 2.75) is 78.9 Å². The lowest BCUT2D eigenvalue weighted by atomic mass is 9.81. The van der Waals surface area contributed by atoms with Gasteiger partial charge in [-0.1, -0.05) is 38.1 Å². The molecule has 1 unspecified atom stereocenters. The number of ether oxygens (including phenoxy) is 2. The summed E-state index contributed by atoms with van der Waals surface area (Å²) in [6.45, 7) is 12.7. The van der Waals surface area contributed by atoms with Crippen molar-refractivity contribution in [3.05, 3.63) is 76.9 Å². The highest BCUT2D eigenvalue weighted by atomic mass is 19.3. The Balaban J connectivity index is 1.79. The Labute approximate surface area is 251 Å². The Hall–Kier alpha value is -3.59. The molecule has 232 valence electrons. The first kappa shape index (κ1) is 32.3. The van der Waals surface area contributed by atoms with Crippen molar-refractivity contribution >= 4 is 11.7 Å². The number of carboxylic acids is 1. The summed E-state index contributed by atoms with van der Waals surface area (Å²) in [7, 11) is 0. The molecule has 9 heteroatoms. The van der Waals surface area contributed by atoms with E-state index in [9.17, 15) is 23.1 Å². The minimum Gasteiger partial charge on any atom is -0.493 e. The van der Waals surface area contributed by atoms with Crippen LogP contribution in [-0.4, -0.2) is 41.4 Å². The number of rotatable bonds is 10. The number of aliphatic carboxylic acids is 1. The summed E-state index contributed by atoms with van der Waals surface area (Å²) >= 11 is 0. The highest BCUT2D eigenvalue weighted by Gasteiger charge is 2.38. The number of pyridine rings is 1. The van der Waals surface area contributed by atoms with Crippen molar-refractivity contribution in [1.29, 1.82) is 0 Å². The maximum Gasteiger partial charge on any atom is 0.337 e. The lowest BCUT2D eigenvalue weighted by Gasteiger charge is -2.41. The topological polar surface area (TPSA) is 71.9 Å². The summed E-state index contributed by atoms with van der Waals surface area (Å²) in [5, 5.41) is 10.3. The highest BCUT2D eigenvalue weighted by Crippen LogP contribution is 2.47. The number of anilines is 1. The molecular weight excluding hydrogens is 557 g/mol. The lowest BCUT2D eigenvalue weighted by molar-refractivity contribution is -0.160. The molecule has 1 fully saturated rings. The number of halogens is 3. The maximum atomic E-state index is 14.7. The Bertz CT molecular complexity index is 1410. The van der Waals surface area contributed by atoms with Gasteiger partial charge in [-0.15, -0.1) is 0 Å². The summed E-state index contributed by atoms with van der Waals surface area (Å²) in [6, 6.07) is 13.0. The van der Waals surface area contributed by atoms with Crippen molar-refractivity contribution in [2.24, 2.45) is 5.41 Å². The molecule has 1 aromatic heterocycles. The normalized spacial score (nSPS) is 15.9. The first-order chi connectivity index (χ1) is 20.1. The van der Waals surface area contributed by atoms with E-state index in [4.69, 9.17) is 9.47 Å². The smallest absolute Gasteiger partial charge is 0.337 e. The van der Waals surface area contributed by atoms with Gasteiger partial charge in [-0.25, -0.2) is 18.0 Å². The van der Waals surface area contributed by atoms with E-state index < -0.39 is 29.8 Å². The number of nitrogens with zero attached hydrogens (tertiary/aromatic N) is 2. The zero-order valence-electron chi connectivity index (χ0n) is 25.7. The molecule has 4 rings (SSSR count). The molecule has 0 radical (unpaired) electrons. The second-order valence-electron chi connectivity index (χ2n) is 12.9. The van der Waals surface area contributed by atoms with Crippen LogP contribution in [0, 0.1) is 18.2 Å². The number of aromatic nitrogens is 1. The quantitative estimate of drug-likeness (QED) is 0.253. The van der Waals surface area contributed by atoms with Gasteiger partial charge in [0.15, 0.2) is 6.10 Å². The van der Waals surface area contributed by atoms with Crippen molar-refractivity contribution in [2.75, 3.05) is 24.6 Å². The number of hydrogen-bond donors (Lipinski definition) is 1. The Morgan fingerprint density at radius 2 is 1.65 bits per heavy atom. The van der Waals surface area contributed by atoms with E-state index in [1.807, 2.05) is 4.90 Å². The maximum absolute atomic E-state index is 14.7. The van der Waals surface area contributed by atoms with E-state index in [-0.39, 0.29) is 22.5 Å². The molecule has 3 aromatic rings. The summed E-state index contributed by atoms with van der Waals surface area (Å²) in [6.07, 6.45) is -2.09. The van der Waals surface area contributed by atoms with Gasteiger partial charge in [0, 0.05) is 36.3 Å². The van der Waals surface area contributed by atoms with Crippen LogP contribution in [0.3, 0.4) is 0 Å². The number of carboxylic acid groups (broad SMARTS) is 1. The van der Waals surface area contributed by atoms with Gasteiger partial charge < -0.3 is 19.5 Å². The molecule has 0 bridgehead atoms. The van der Waals surface area contributed by atoms with Crippen molar-refractivity contribution in [3.63, 3.8) is 0 Å². The summed E-state index contributed by atoms with van der Waals surface area (Å²) in [4.78, 5) is 19.0. The monoisotopic (exact) mass is 598 g/mol. The van der Waals surface area contributed by atoms with E-state index in [2.05, 4.69) is 18.8 Å². The van der Waals surface area contributed by atoms with E-state index in [1.165, 1.54) is 12.1 Å². The van der Waals surface area contributed by atoms with Gasteiger partial charge in [0.2, 0.25) is 0 Å². The zero-order valence-corrected chi connectivity index (χ0v) is 25.7. The molecule has 1 atom stereocenters. The van der Waals surface area contributed by atoms with Crippen molar-refractivity contribution in [3.8, 4) is 16.9 Å². The minimum absolute atomic E-state index is 0.0749. The molecule has 1 N–H and O–H groups in total. The number of carbonyl (C=O) groups is 1. The Morgan fingerprint density at radius 1 is 1.05 bits per heavy atom. The van der Waals surface area contributed by atoms with E-state index in [1.54, 1.807) is 64.1 Å². The van der Waals surface area contributed by atoms with Gasteiger partial charge in [0.1, 0.15) is 17.3 Å². The number of alkyl halides is 2. The average molecular weight is 599 g/mol. The molecule has 1 aliphatic heterocycles.